The molecule has 0 heterocycles. The third-order valence-corrected chi connectivity index (χ3v) is 5.08. The van der Waals surface area contributed by atoms with Gasteiger partial charge in [-0.05, 0) is 41.5 Å². The highest BCUT2D eigenvalue weighted by Crippen LogP contribution is 2.51. The molecular formula is C22H24N2O. The van der Waals surface area contributed by atoms with Crippen LogP contribution in [0.4, 0.5) is 0 Å². The molecule has 0 saturated heterocycles. The minimum absolute atomic E-state index is 0.0868. The van der Waals surface area contributed by atoms with Crippen molar-refractivity contribution in [1.82, 2.24) is 5.32 Å². The highest BCUT2D eigenvalue weighted by molar-refractivity contribution is 6.00. The highest BCUT2D eigenvalue weighted by Gasteiger charge is 2.48. The van der Waals surface area contributed by atoms with E-state index in [0.29, 0.717) is 13.0 Å². The van der Waals surface area contributed by atoms with Crippen LogP contribution in [0.2, 0.25) is 0 Å². The molecule has 2 aromatic rings. The maximum atomic E-state index is 13.3. The molecular weight excluding hydrogens is 308 g/mol. The van der Waals surface area contributed by atoms with Gasteiger partial charge >= 0.3 is 0 Å². The molecule has 2 aromatic carbocycles. The van der Waals surface area contributed by atoms with Crippen molar-refractivity contribution in [3.63, 3.8) is 0 Å². The summed E-state index contributed by atoms with van der Waals surface area (Å²) in [5.41, 5.74) is 3.87. The summed E-state index contributed by atoms with van der Waals surface area (Å²) in [6.45, 7) is 2.75. The van der Waals surface area contributed by atoms with Crippen LogP contribution in [-0.4, -0.2) is 12.5 Å². The first-order chi connectivity index (χ1) is 12.3. The second-order valence-electron chi connectivity index (χ2n) is 6.62. The van der Waals surface area contributed by atoms with Gasteiger partial charge in [0.25, 0.3) is 0 Å². The van der Waals surface area contributed by atoms with Crippen molar-refractivity contribution in [2.24, 2.45) is 0 Å². The molecule has 3 nitrogen and oxygen atoms in total. The van der Waals surface area contributed by atoms with Crippen molar-refractivity contribution >= 4 is 5.91 Å². The molecule has 0 unspecified atom stereocenters. The number of hydrogen-bond donors (Lipinski definition) is 1. The average Bonchev–Trinajstić information content (AvgIpc) is 2.95. The molecule has 1 aliphatic carbocycles. The quantitative estimate of drug-likeness (QED) is 0.756. The first-order valence-electron chi connectivity index (χ1n) is 9.10. The summed E-state index contributed by atoms with van der Waals surface area (Å²) in [4.78, 5) is 13.3. The first kappa shape index (κ1) is 17.2. The zero-order chi connectivity index (χ0) is 17.7. The molecule has 0 spiro atoms. The third-order valence-electron chi connectivity index (χ3n) is 5.08. The van der Waals surface area contributed by atoms with Crippen LogP contribution < -0.4 is 5.32 Å². The summed E-state index contributed by atoms with van der Waals surface area (Å²) in [5, 5.41) is 12.0. The van der Waals surface area contributed by atoms with Gasteiger partial charge in [-0.3, -0.25) is 4.79 Å². The molecule has 25 heavy (non-hydrogen) atoms. The fraction of sp³-hybridized carbons (Fsp3) is 0.364. The lowest BCUT2D eigenvalue weighted by Crippen LogP contribution is -2.44. The summed E-state index contributed by atoms with van der Waals surface area (Å²) < 4.78 is 0. The van der Waals surface area contributed by atoms with Crippen LogP contribution in [0, 0.1) is 11.3 Å². The van der Waals surface area contributed by atoms with Crippen molar-refractivity contribution in [1.29, 1.82) is 5.26 Å². The fourth-order valence-electron chi connectivity index (χ4n) is 3.94. The highest BCUT2D eigenvalue weighted by atomic mass is 16.2. The Morgan fingerprint density at radius 1 is 1.04 bits per heavy atom. The van der Waals surface area contributed by atoms with E-state index in [0.717, 1.165) is 47.9 Å². The molecule has 0 atom stereocenters. The Bertz CT molecular complexity index is 758. The van der Waals surface area contributed by atoms with E-state index in [1.807, 2.05) is 24.3 Å². The standard InChI is InChI=1S/C22H24N2O/c1-2-16-24-21(25)22(14-8-3-9-15-23)19-12-6-4-10-17(19)18-11-5-7-13-20(18)22/h4-7,10-13H,2-3,8-9,14,16H2,1H3,(H,24,25). The molecule has 0 saturated carbocycles. The maximum absolute atomic E-state index is 13.3. The fourth-order valence-corrected chi connectivity index (χ4v) is 3.94. The second kappa shape index (κ2) is 7.53. The molecule has 0 bridgehead atoms. The van der Waals surface area contributed by atoms with E-state index in [-0.39, 0.29) is 5.91 Å². The minimum Gasteiger partial charge on any atom is -0.355 e. The molecule has 0 aromatic heterocycles. The van der Waals surface area contributed by atoms with Gasteiger partial charge < -0.3 is 5.32 Å². The number of nitrogens with one attached hydrogen (secondary N) is 1. The Morgan fingerprint density at radius 2 is 1.64 bits per heavy atom. The van der Waals surface area contributed by atoms with E-state index in [1.54, 1.807) is 0 Å². The number of hydrogen-bond acceptors (Lipinski definition) is 2. The summed E-state index contributed by atoms with van der Waals surface area (Å²) in [6.07, 6.45) is 3.87. The maximum Gasteiger partial charge on any atom is 0.235 e. The molecule has 0 aliphatic heterocycles. The topological polar surface area (TPSA) is 52.9 Å². The largest absolute Gasteiger partial charge is 0.355 e. The SMILES string of the molecule is CCCNC(=O)C1(CCCCC#N)c2ccccc2-c2ccccc21. The minimum atomic E-state index is -0.641. The number of carbonyl (C=O) groups excluding carboxylic acids is 1. The number of nitriles is 1. The predicted octanol–water partition coefficient (Wildman–Crippen LogP) is 4.56. The van der Waals surface area contributed by atoms with Gasteiger partial charge in [-0.15, -0.1) is 0 Å². The summed E-state index contributed by atoms with van der Waals surface area (Å²) in [7, 11) is 0. The normalized spacial score (nSPS) is 13.6. The second-order valence-corrected chi connectivity index (χ2v) is 6.62. The van der Waals surface area contributed by atoms with Crippen LogP contribution in [0.15, 0.2) is 48.5 Å². The number of nitrogens with zero attached hydrogens (tertiary/aromatic N) is 1. The number of fused-ring (bicyclic) bond motifs is 3. The van der Waals surface area contributed by atoms with Gasteiger partial charge in [-0.2, -0.15) is 5.26 Å². The van der Waals surface area contributed by atoms with Gasteiger partial charge in [0.15, 0.2) is 0 Å². The van der Waals surface area contributed by atoms with E-state index in [9.17, 15) is 4.79 Å². The van der Waals surface area contributed by atoms with Crippen molar-refractivity contribution in [2.45, 2.75) is 44.4 Å². The van der Waals surface area contributed by atoms with Crippen LogP contribution in [0.5, 0.6) is 0 Å². The van der Waals surface area contributed by atoms with Gasteiger partial charge in [0, 0.05) is 13.0 Å². The molecule has 0 radical (unpaired) electrons. The Kier molecular flexibility index (Phi) is 5.19. The summed E-state index contributed by atoms with van der Waals surface area (Å²) in [6, 6.07) is 18.7. The molecule has 3 heteroatoms. The van der Waals surface area contributed by atoms with E-state index >= 15 is 0 Å². The number of unbranched alkanes of at least 4 members (excludes halogenated alkanes) is 2. The van der Waals surface area contributed by atoms with Crippen molar-refractivity contribution in [3.8, 4) is 17.2 Å². The lowest BCUT2D eigenvalue weighted by atomic mass is 9.73. The van der Waals surface area contributed by atoms with Crippen LogP contribution in [0.1, 0.15) is 50.2 Å². The smallest absolute Gasteiger partial charge is 0.235 e. The Balaban J connectivity index is 2.09. The molecule has 128 valence electrons. The zero-order valence-electron chi connectivity index (χ0n) is 14.7. The average molecular weight is 332 g/mol. The molecule has 0 fully saturated rings. The number of rotatable bonds is 7. The Labute approximate surface area is 149 Å². The van der Waals surface area contributed by atoms with Gasteiger partial charge in [-0.25, -0.2) is 0 Å². The van der Waals surface area contributed by atoms with Crippen molar-refractivity contribution in [3.05, 3.63) is 59.7 Å². The first-order valence-corrected chi connectivity index (χ1v) is 9.10. The molecule has 3 rings (SSSR count). The van der Waals surface area contributed by atoms with Crippen LogP contribution in [0.25, 0.3) is 11.1 Å². The van der Waals surface area contributed by atoms with E-state index in [4.69, 9.17) is 5.26 Å². The lowest BCUT2D eigenvalue weighted by Gasteiger charge is -2.31. The van der Waals surface area contributed by atoms with E-state index in [2.05, 4.69) is 42.6 Å². The van der Waals surface area contributed by atoms with Gasteiger partial charge in [-0.1, -0.05) is 61.9 Å². The molecule has 1 aliphatic rings. The monoisotopic (exact) mass is 332 g/mol. The van der Waals surface area contributed by atoms with Crippen LogP contribution >= 0.6 is 0 Å². The lowest BCUT2D eigenvalue weighted by molar-refractivity contribution is -0.125. The summed E-state index contributed by atoms with van der Waals surface area (Å²) in [5.74, 6) is 0.0868. The van der Waals surface area contributed by atoms with Crippen molar-refractivity contribution in [2.75, 3.05) is 6.54 Å². The Hall–Kier alpha value is -2.60. The number of carbonyl (C=O) groups is 1. The third kappa shape index (κ3) is 2.93. The zero-order valence-corrected chi connectivity index (χ0v) is 14.7. The number of benzene rings is 2. The van der Waals surface area contributed by atoms with Crippen LogP contribution in [0.3, 0.4) is 0 Å². The Morgan fingerprint density at radius 3 is 2.20 bits per heavy atom. The number of amides is 1. The molecule has 1 N–H and O–H groups in total. The van der Waals surface area contributed by atoms with Gasteiger partial charge in [0.1, 0.15) is 5.41 Å². The van der Waals surface area contributed by atoms with Gasteiger partial charge in [0.2, 0.25) is 5.91 Å². The van der Waals surface area contributed by atoms with E-state index < -0.39 is 5.41 Å². The van der Waals surface area contributed by atoms with Crippen molar-refractivity contribution < 1.29 is 4.79 Å². The van der Waals surface area contributed by atoms with E-state index in [1.165, 1.54) is 0 Å². The predicted molar refractivity (Wildman–Crippen MR) is 100 cm³/mol. The summed E-state index contributed by atoms with van der Waals surface area (Å²) >= 11 is 0. The van der Waals surface area contributed by atoms with Gasteiger partial charge in [0.05, 0.1) is 6.07 Å². The molecule has 1 amide bonds. The van der Waals surface area contributed by atoms with Crippen LogP contribution in [-0.2, 0) is 10.2 Å².